The molecule has 0 radical (unpaired) electrons. The van der Waals surface area contributed by atoms with Gasteiger partial charge in [-0.05, 0) is 18.3 Å². The van der Waals surface area contributed by atoms with Crippen LogP contribution in [-0.2, 0) is 4.79 Å². The first-order valence-corrected chi connectivity index (χ1v) is 5.98. The number of H-pyrrole nitrogens is 1. The molecule has 1 aliphatic rings. The van der Waals surface area contributed by atoms with Gasteiger partial charge >= 0.3 is 0 Å². The van der Waals surface area contributed by atoms with Crippen molar-refractivity contribution in [1.29, 1.82) is 5.26 Å². The average molecular weight is 330 g/mol. The summed E-state index contributed by atoms with van der Waals surface area (Å²) >= 11 is 0. The van der Waals surface area contributed by atoms with Gasteiger partial charge in [0.05, 0.1) is 27.1 Å². The second kappa shape index (κ2) is 6.24. The zero-order valence-electron chi connectivity index (χ0n) is 29.2. The van der Waals surface area contributed by atoms with Crippen LogP contribution in [-0.4, -0.2) is 51.7 Å². The van der Waals surface area contributed by atoms with Crippen LogP contribution >= 0.6 is 0 Å². The van der Waals surface area contributed by atoms with Crippen molar-refractivity contribution in [2.24, 2.45) is 5.89 Å². The summed E-state index contributed by atoms with van der Waals surface area (Å²) in [7, 11) is 0. The number of likely N-dealkylation sites (tertiary alicyclic amines) is 1. The van der Waals surface area contributed by atoms with Gasteiger partial charge in [-0.3, -0.25) is 4.79 Å². The molecule has 1 saturated heterocycles. The minimum Gasteiger partial charge on any atom is -0.354 e. The first kappa shape index (κ1) is 4.69. The summed E-state index contributed by atoms with van der Waals surface area (Å²) < 4.78 is 149. The largest absolute Gasteiger partial charge is 0.354 e. The van der Waals surface area contributed by atoms with E-state index in [1.807, 2.05) is 0 Å². The van der Waals surface area contributed by atoms with E-state index in [1.165, 1.54) is 0 Å². The van der Waals surface area contributed by atoms with Crippen LogP contribution in [0.5, 0.6) is 0 Å². The lowest BCUT2D eigenvalue weighted by molar-refractivity contribution is -0.131. The summed E-state index contributed by atoms with van der Waals surface area (Å²) in [5, 5.41) is 8.43. The lowest BCUT2D eigenvalue weighted by Gasteiger charge is -2.42. The van der Waals surface area contributed by atoms with Crippen LogP contribution in [0.1, 0.15) is 44.3 Å². The number of aromatic nitrogens is 3. The third kappa shape index (κ3) is 2.84. The number of hydrogen-bond acceptors (Lipinski definition) is 5. The Hall–Kier alpha value is -2.62. The number of aromatic amines is 1. The number of anilines is 1. The molecule has 0 unspecified atom stereocenters. The molecule has 0 spiro atoms. The van der Waals surface area contributed by atoms with E-state index in [-0.39, 0.29) is 0 Å². The Morgan fingerprint density at radius 1 is 1.83 bits per heavy atom. The summed E-state index contributed by atoms with van der Waals surface area (Å²) in [4.78, 5) is 21.3. The van der Waals surface area contributed by atoms with Crippen molar-refractivity contribution in [3.8, 4) is 6.07 Å². The fourth-order valence-corrected chi connectivity index (χ4v) is 1.74. The molecule has 2 aromatic heterocycles. The van der Waals surface area contributed by atoms with Gasteiger partial charge in [-0.25, -0.2) is 9.97 Å². The zero-order chi connectivity index (χ0) is 32.2. The monoisotopic (exact) mass is 330 g/mol. The predicted octanol–water partition coefficient (Wildman–Crippen LogP) is 1.54. The number of nitrogens with one attached hydrogen (secondary N) is 1. The summed E-state index contributed by atoms with van der Waals surface area (Å²) in [6.07, 6.45) is -8.34. The summed E-state index contributed by atoms with van der Waals surface area (Å²) in [6, 6.07) is -4.53. The molecular weight excluding hydrogens is 292 g/mol. The van der Waals surface area contributed by atoms with E-state index < -0.39 is 96.3 Å². The van der Waals surface area contributed by atoms with Crippen LogP contribution in [0.2, 0.25) is 0 Å². The highest BCUT2D eigenvalue weighted by atomic mass is 16.2. The standard InChI is InChI=1S/C16H20N6O/c1-11-5-8-22(14(23)3-6-17)9-13(11)21(2)16-12-4-7-18-15(12)19-10-20-16/h4,7,10-11,13H,3,5,8-9H2,1-2H3,(H,18,19,20)/t11-,13+/m1/s1/i1D3,2D3,3D2,4D,5D2,7D,8D2,9D2,11D,13D. The number of rotatable bonds is 3. The number of hydrogen-bond donors (Lipinski definition) is 1. The van der Waals surface area contributed by atoms with Crippen LogP contribution < -0.4 is 4.90 Å². The average Bonchev–Trinajstić information content (AvgIpc) is 3.09. The number of carbonyl (C=O) groups is 1. The molecule has 0 bridgehead atoms. The Kier molecular flexibility index (Phi) is 1.27. The molecule has 1 amide bonds. The van der Waals surface area contributed by atoms with Crippen molar-refractivity contribution in [2.45, 2.75) is 25.6 Å². The highest BCUT2D eigenvalue weighted by Gasteiger charge is 2.32. The first-order chi connectivity index (χ1) is 18.1. The van der Waals surface area contributed by atoms with Gasteiger partial charge in [-0.15, -0.1) is 0 Å². The molecule has 0 aromatic carbocycles. The summed E-state index contributed by atoms with van der Waals surface area (Å²) in [5.41, 5.74) is -0.448. The van der Waals surface area contributed by atoms with Crippen LogP contribution in [0, 0.1) is 17.2 Å². The van der Waals surface area contributed by atoms with E-state index in [0.717, 1.165) is 6.07 Å². The number of likely N-dealkylation sites (N-methyl/N-ethyl adjacent to an activating group) is 1. The minimum atomic E-state index is -4.50. The van der Waals surface area contributed by atoms with Gasteiger partial charge in [0, 0.05) is 41.2 Å². The SMILES string of the molecule is [2H]c1[nH]c2ncnc(N(C([2H])([2H])[2H])[C@@]3([2H])C([2H])([2H])N(C(=O)C([2H])([2H])C#N)C([2H])([2H])C([2H])([2H])[C@@]3([2H])C([2H])([2H])[2H])c2c1[2H]. The maximum Gasteiger partial charge on any atom is 0.236 e. The Morgan fingerprint density at radius 2 is 2.74 bits per heavy atom. The Balaban J connectivity index is 2.67. The quantitative estimate of drug-likeness (QED) is 0.922. The molecule has 23 heavy (non-hydrogen) atoms. The predicted molar refractivity (Wildman–Crippen MR) is 86.7 cm³/mol. The van der Waals surface area contributed by atoms with E-state index in [1.54, 1.807) is 0 Å². The zero-order valence-corrected chi connectivity index (χ0v) is 11.2. The maximum absolute atomic E-state index is 13.1. The molecule has 2 atom stereocenters. The lowest BCUT2D eigenvalue weighted by Crippen LogP contribution is -2.52. The molecule has 7 nitrogen and oxygen atoms in total. The summed E-state index contributed by atoms with van der Waals surface area (Å²) in [5.74, 6) is -8.13. The molecule has 3 rings (SSSR count). The van der Waals surface area contributed by atoms with Crippen molar-refractivity contribution >= 4 is 22.8 Å². The third-order valence-corrected chi connectivity index (χ3v) is 2.74. The van der Waals surface area contributed by atoms with E-state index in [0.29, 0.717) is 6.33 Å². The van der Waals surface area contributed by atoms with Crippen LogP contribution in [0.4, 0.5) is 5.82 Å². The first-order valence-electron chi connectivity index (χ1n) is 15.0. The Bertz CT molecular complexity index is 1440. The molecule has 0 aliphatic carbocycles. The third-order valence-electron chi connectivity index (χ3n) is 2.74. The van der Waals surface area contributed by atoms with Crippen molar-refractivity contribution < 1.29 is 29.5 Å². The molecule has 1 N–H and O–H groups in total. The van der Waals surface area contributed by atoms with E-state index >= 15 is 0 Å². The number of amides is 1. The molecule has 7 heteroatoms. The smallest absolute Gasteiger partial charge is 0.236 e. The molecular formula is C16H20N6O. The van der Waals surface area contributed by atoms with Crippen molar-refractivity contribution in [2.75, 3.05) is 24.9 Å². The summed E-state index contributed by atoms with van der Waals surface area (Å²) in [6.45, 7) is -17.0. The molecule has 1 aliphatic heterocycles. The van der Waals surface area contributed by atoms with Crippen LogP contribution in [0.15, 0.2) is 18.5 Å². The van der Waals surface area contributed by atoms with Gasteiger partial charge in [-0.1, -0.05) is 6.85 Å². The van der Waals surface area contributed by atoms with Gasteiger partial charge in [0.1, 0.15) is 24.2 Å². The highest BCUT2D eigenvalue weighted by Crippen LogP contribution is 2.28. The van der Waals surface area contributed by atoms with Crippen molar-refractivity contribution in [3.63, 3.8) is 0 Å². The number of fused-ring (bicyclic) bond motifs is 1. The molecule has 3 heterocycles. The second-order valence-electron chi connectivity index (χ2n) is 4.08. The van der Waals surface area contributed by atoms with Gasteiger partial charge in [0.25, 0.3) is 0 Å². The number of carbonyl (C=O) groups excluding carboxylic acids is 1. The van der Waals surface area contributed by atoms with Crippen molar-refractivity contribution in [1.82, 2.24) is 19.9 Å². The Labute approximate surface area is 160 Å². The van der Waals surface area contributed by atoms with Crippen LogP contribution in [0.3, 0.4) is 0 Å². The Morgan fingerprint density at radius 3 is 3.52 bits per heavy atom. The van der Waals surface area contributed by atoms with E-state index in [9.17, 15) is 6.17 Å². The number of piperidine rings is 1. The fraction of sp³-hybridized carbons (Fsp3) is 0.500. The van der Waals surface area contributed by atoms with Gasteiger partial charge in [-0.2, -0.15) is 5.26 Å². The van der Waals surface area contributed by atoms with E-state index in [4.69, 9.17) is 28.6 Å². The number of nitrogens with zero attached hydrogens (tertiary/aromatic N) is 5. The topological polar surface area (TPSA) is 88.9 Å². The number of nitriles is 1. The minimum absolute atomic E-state index is 0.448. The highest BCUT2D eigenvalue weighted by molar-refractivity contribution is 5.87. The van der Waals surface area contributed by atoms with Crippen molar-refractivity contribution in [3.05, 3.63) is 18.5 Å². The molecule has 0 saturated carbocycles. The molecule has 2 aromatic rings. The fourth-order valence-electron chi connectivity index (χ4n) is 1.74. The van der Waals surface area contributed by atoms with Crippen LogP contribution in [0.25, 0.3) is 11.0 Å². The van der Waals surface area contributed by atoms with E-state index in [2.05, 4.69) is 15.0 Å². The van der Waals surface area contributed by atoms with Gasteiger partial charge in [0.2, 0.25) is 5.91 Å². The maximum atomic E-state index is 13.1. The molecule has 120 valence electrons. The molecule has 1 fully saturated rings. The van der Waals surface area contributed by atoms with Gasteiger partial charge in [0.15, 0.2) is 0 Å². The second-order valence-corrected chi connectivity index (χ2v) is 4.08. The van der Waals surface area contributed by atoms with Gasteiger partial charge < -0.3 is 14.8 Å². The lowest BCUT2D eigenvalue weighted by atomic mass is 9.92. The normalized spacial score (nSPS) is 47.3.